The van der Waals surface area contributed by atoms with Crippen molar-refractivity contribution in [2.45, 2.75) is 13.1 Å². The van der Waals surface area contributed by atoms with Crippen LogP contribution in [0, 0.1) is 11.6 Å². The minimum Gasteiger partial charge on any atom is -0.383 e. The molecule has 0 saturated carbocycles. The molecule has 0 unspecified atom stereocenters. The van der Waals surface area contributed by atoms with Gasteiger partial charge in [-0.05, 0) is 47.5 Å². The number of benzene rings is 2. The number of hydrogen-bond acceptors (Lipinski definition) is 7. The van der Waals surface area contributed by atoms with Crippen LogP contribution in [0.4, 0.5) is 20.3 Å². The Labute approximate surface area is 220 Å². The summed E-state index contributed by atoms with van der Waals surface area (Å²) in [6.07, 6.45) is 4.64. The minimum absolute atomic E-state index is 0.0680. The minimum atomic E-state index is -0.961. The van der Waals surface area contributed by atoms with Gasteiger partial charge in [0.1, 0.15) is 12.1 Å². The molecule has 2 aromatic carbocycles. The SMILES string of the molecule is C=C1c2cncc(NCc3ccc(-c4ccc5ncnc(N)c5c4)s3)c2C(=O)N1Cc1ccc(F)c(F)c1. The molecular formula is C28H20F2N6OS. The summed E-state index contributed by atoms with van der Waals surface area (Å²) in [5.74, 6) is -1.74. The molecule has 188 valence electrons. The van der Waals surface area contributed by atoms with Crippen molar-refractivity contribution >= 4 is 45.3 Å². The number of nitrogens with one attached hydrogen (secondary N) is 1. The first-order chi connectivity index (χ1) is 18.4. The number of nitrogens with zero attached hydrogens (tertiary/aromatic N) is 4. The maximum absolute atomic E-state index is 13.7. The molecule has 0 spiro atoms. The summed E-state index contributed by atoms with van der Waals surface area (Å²) in [6.45, 7) is 4.59. The van der Waals surface area contributed by atoms with Gasteiger partial charge in [0.15, 0.2) is 11.6 Å². The van der Waals surface area contributed by atoms with Gasteiger partial charge in [-0.3, -0.25) is 9.78 Å². The second-order valence-electron chi connectivity index (χ2n) is 8.81. The Morgan fingerprint density at radius 1 is 1.03 bits per heavy atom. The van der Waals surface area contributed by atoms with Gasteiger partial charge in [-0.25, -0.2) is 18.7 Å². The Balaban J connectivity index is 1.21. The lowest BCUT2D eigenvalue weighted by molar-refractivity contribution is 0.0844. The van der Waals surface area contributed by atoms with Crippen molar-refractivity contribution in [1.29, 1.82) is 0 Å². The van der Waals surface area contributed by atoms with Crippen LogP contribution in [-0.4, -0.2) is 25.8 Å². The molecule has 7 nitrogen and oxygen atoms in total. The lowest BCUT2D eigenvalue weighted by atomic mass is 10.1. The number of fused-ring (bicyclic) bond motifs is 2. The van der Waals surface area contributed by atoms with Crippen molar-refractivity contribution in [2.24, 2.45) is 0 Å². The van der Waals surface area contributed by atoms with E-state index >= 15 is 0 Å². The number of thiophene rings is 1. The van der Waals surface area contributed by atoms with Crippen molar-refractivity contribution in [3.63, 3.8) is 0 Å². The zero-order valence-electron chi connectivity index (χ0n) is 19.9. The van der Waals surface area contributed by atoms with Crippen LogP contribution in [0.5, 0.6) is 0 Å². The highest BCUT2D eigenvalue weighted by Crippen LogP contribution is 2.37. The van der Waals surface area contributed by atoms with Crippen molar-refractivity contribution in [3.8, 4) is 10.4 Å². The quantitative estimate of drug-likeness (QED) is 0.288. The molecule has 0 bridgehead atoms. The zero-order valence-corrected chi connectivity index (χ0v) is 20.7. The van der Waals surface area contributed by atoms with E-state index < -0.39 is 11.6 Å². The van der Waals surface area contributed by atoms with E-state index in [1.54, 1.807) is 23.7 Å². The topological polar surface area (TPSA) is 97.0 Å². The van der Waals surface area contributed by atoms with Crippen molar-refractivity contribution < 1.29 is 13.6 Å². The Bertz CT molecular complexity index is 1750. The van der Waals surface area contributed by atoms with Gasteiger partial charge >= 0.3 is 0 Å². The summed E-state index contributed by atoms with van der Waals surface area (Å²) in [5, 5.41) is 4.13. The fourth-order valence-corrected chi connectivity index (χ4v) is 5.42. The van der Waals surface area contributed by atoms with E-state index in [1.807, 2.05) is 30.3 Å². The van der Waals surface area contributed by atoms with Gasteiger partial charge in [-0.1, -0.05) is 18.7 Å². The number of nitrogens with two attached hydrogens (primary N) is 1. The normalized spacial score (nSPS) is 12.8. The van der Waals surface area contributed by atoms with Crippen molar-refractivity contribution in [3.05, 3.63) is 107 Å². The standard InChI is InChI=1S/C28H20F2N6OS/c1-15-20-11-32-12-24(26(20)28(37)36(15)13-16-2-5-21(29)22(30)8-16)33-10-18-4-7-25(38-18)17-3-6-23-19(9-17)27(31)35-14-34-23/h2-9,11-12,14,33H,1,10,13H2,(H2,31,34,35). The summed E-state index contributed by atoms with van der Waals surface area (Å²) >= 11 is 1.62. The number of amides is 1. The van der Waals surface area contributed by atoms with E-state index in [-0.39, 0.29) is 12.5 Å². The summed E-state index contributed by atoms with van der Waals surface area (Å²) in [5.41, 5.74) is 10.4. The fraction of sp³-hybridized carbons (Fsp3) is 0.0714. The highest BCUT2D eigenvalue weighted by Gasteiger charge is 2.34. The van der Waals surface area contributed by atoms with Crippen LogP contribution in [-0.2, 0) is 13.1 Å². The van der Waals surface area contributed by atoms with Gasteiger partial charge < -0.3 is 16.0 Å². The van der Waals surface area contributed by atoms with Crippen molar-refractivity contribution in [1.82, 2.24) is 19.9 Å². The molecule has 38 heavy (non-hydrogen) atoms. The van der Waals surface area contributed by atoms with Gasteiger partial charge in [0, 0.05) is 39.1 Å². The molecule has 10 heteroatoms. The Morgan fingerprint density at radius 2 is 1.89 bits per heavy atom. The van der Waals surface area contributed by atoms with Gasteiger partial charge in [-0.15, -0.1) is 11.3 Å². The number of nitrogen functional groups attached to an aromatic ring is 1. The largest absolute Gasteiger partial charge is 0.383 e. The Morgan fingerprint density at radius 3 is 2.74 bits per heavy atom. The highest BCUT2D eigenvalue weighted by molar-refractivity contribution is 7.15. The molecule has 1 aliphatic heterocycles. The average Bonchev–Trinajstić information content (AvgIpc) is 3.49. The van der Waals surface area contributed by atoms with Gasteiger partial charge in [0.05, 0.1) is 29.5 Å². The predicted octanol–water partition coefficient (Wildman–Crippen LogP) is 5.85. The lowest BCUT2D eigenvalue weighted by Crippen LogP contribution is -2.23. The number of carbonyl (C=O) groups excluding carboxylic acids is 1. The van der Waals surface area contributed by atoms with Gasteiger partial charge in [-0.2, -0.15) is 0 Å². The zero-order chi connectivity index (χ0) is 26.4. The number of pyridine rings is 1. The fourth-order valence-electron chi connectivity index (χ4n) is 4.47. The van der Waals surface area contributed by atoms with Crippen LogP contribution < -0.4 is 11.1 Å². The third kappa shape index (κ3) is 4.14. The molecule has 0 radical (unpaired) electrons. The molecule has 1 amide bonds. The molecule has 5 aromatic rings. The van der Waals surface area contributed by atoms with E-state index in [0.717, 1.165) is 38.4 Å². The molecule has 0 saturated heterocycles. The van der Waals surface area contributed by atoms with Crippen LogP contribution in [0.25, 0.3) is 27.0 Å². The Kier molecular flexibility index (Phi) is 5.80. The lowest BCUT2D eigenvalue weighted by Gasteiger charge is -2.17. The molecule has 3 N–H and O–H groups in total. The van der Waals surface area contributed by atoms with E-state index in [2.05, 4.69) is 26.8 Å². The number of anilines is 2. The first-order valence-corrected chi connectivity index (χ1v) is 12.5. The van der Waals surface area contributed by atoms with Crippen LogP contribution in [0.15, 0.2) is 73.8 Å². The number of rotatable bonds is 6. The van der Waals surface area contributed by atoms with Gasteiger partial charge in [0.2, 0.25) is 0 Å². The molecule has 4 heterocycles. The maximum Gasteiger partial charge on any atom is 0.261 e. The van der Waals surface area contributed by atoms with Gasteiger partial charge in [0.25, 0.3) is 5.91 Å². The molecule has 0 atom stereocenters. The molecule has 3 aromatic heterocycles. The highest BCUT2D eigenvalue weighted by atomic mass is 32.1. The van der Waals surface area contributed by atoms with Crippen LogP contribution in [0.1, 0.15) is 26.4 Å². The molecule has 6 rings (SSSR count). The van der Waals surface area contributed by atoms with E-state index in [9.17, 15) is 13.6 Å². The number of aromatic nitrogens is 3. The van der Waals surface area contributed by atoms with Crippen LogP contribution in [0.2, 0.25) is 0 Å². The summed E-state index contributed by atoms with van der Waals surface area (Å²) < 4.78 is 27.0. The molecular weight excluding hydrogens is 506 g/mol. The van der Waals surface area contributed by atoms with Crippen molar-refractivity contribution in [2.75, 3.05) is 11.1 Å². The van der Waals surface area contributed by atoms with E-state index in [1.165, 1.54) is 17.3 Å². The number of hydrogen-bond donors (Lipinski definition) is 2. The smallest absolute Gasteiger partial charge is 0.261 e. The second kappa shape index (κ2) is 9.31. The number of carbonyl (C=O) groups is 1. The monoisotopic (exact) mass is 526 g/mol. The third-order valence-corrected chi connectivity index (χ3v) is 7.57. The van der Waals surface area contributed by atoms with E-state index in [0.29, 0.717) is 40.4 Å². The predicted molar refractivity (Wildman–Crippen MR) is 144 cm³/mol. The van der Waals surface area contributed by atoms with E-state index in [4.69, 9.17) is 5.73 Å². The summed E-state index contributed by atoms with van der Waals surface area (Å²) in [6, 6.07) is 13.5. The first kappa shape index (κ1) is 23.7. The Hall–Kier alpha value is -4.70. The summed E-state index contributed by atoms with van der Waals surface area (Å²) in [7, 11) is 0. The first-order valence-electron chi connectivity index (χ1n) is 11.7. The average molecular weight is 527 g/mol. The summed E-state index contributed by atoms with van der Waals surface area (Å²) in [4.78, 5) is 29.5. The molecule has 0 aliphatic carbocycles. The van der Waals surface area contributed by atoms with Crippen LogP contribution in [0.3, 0.4) is 0 Å². The maximum atomic E-state index is 13.7. The third-order valence-electron chi connectivity index (χ3n) is 6.43. The second-order valence-corrected chi connectivity index (χ2v) is 9.97. The molecule has 0 fully saturated rings. The number of halogens is 2. The van der Waals surface area contributed by atoms with Crippen LogP contribution >= 0.6 is 11.3 Å². The molecule has 1 aliphatic rings.